The average molecular weight is 252 g/mol. The molecule has 0 aromatic rings. The molecule has 2 fully saturated rings. The van der Waals surface area contributed by atoms with E-state index >= 15 is 0 Å². The summed E-state index contributed by atoms with van der Waals surface area (Å²) < 4.78 is 11.0. The summed E-state index contributed by atoms with van der Waals surface area (Å²) in [7, 11) is 0. The monoisotopic (exact) mass is 252 g/mol. The van der Waals surface area contributed by atoms with Crippen LogP contribution in [0.3, 0.4) is 0 Å². The standard InChI is InChI=1S/C14H20O4/c1-8-10(15)3-5-14(2)11(8)13(16)18-12(14)9-4-6-17-7-9/h9-10,12,15H,3-7H2,1-2H3. The van der Waals surface area contributed by atoms with Gasteiger partial charge in [0.15, 0.2) is 0 Å². The minimum Gasteiger partial charge on any atom is -0.458 e. The van der Waals surface area contributed by atoms with Gasteiger partial charge in [0.05, 0.1) is 12.7 Å². The van der Waals surface area contributed by atoms with Crippen LogP contribution in [-0.2, 0) is 14.3 Å². The Labute approximate surface area is 107 Å². The number of rotatable bonds is 1. The topological polar surface area (TPSA) is 55.8 Å². The second-order valence-electron chi connectivity index (χ2n) is 5.98. The van der Waals surface area contributed by atoms with Gasteiger partial charge in [0.25, 0.3) is 0 Å². The molecular weight excluding hydrogens is 232 g/mol. The fraction of sp³-hybridized carbons (Fsp3) is 0.786. The number of hydrogen-bond acceptors (Lipinski definition) is 4. The van der Waals surface area contributed by atoms with Crippen LogP contribution in [0.2, 0.25) is 0 Å². The Balaban J connectivity index is 1.99. The molecule has 1 aliphatic carbocycles. The van der Waals surface area contributed by atoms with E-state index in [-0.39, 0.29) is 17.5 Å². The first-order valence-corrected chi connectivity index (χ1v) is 6.72. The maximum atomic E-state index is 12.1. The molecule has 3 aliphatic rings. The van der Waals surface area contributed by atoms with E-state index in [0.29, 0.717) is 18.9 Å². The molecule has 18 heavy (non-hydrogen) atoms. The second kappa shape index (κ2) is 4.07. The first-order valence-electron chi connectivity index (χ1n) is 6.72. The lowest BCUT2D eigenvalue weighted by Gasteiger charge is -2.37. The van der Waals surface area contributed by atoms with Gasteiger partial charge in [0.1, 0.15) is 6.10 Å². The van der Waals surface area contributed by atoms with E-state index in [1.165, 1.54) is 0 Å². The molecule has 3 rings (SSSR count). The normalized spacial score (nSPS) is 44.2. The Morgan fingerprint density at radius 1 is 1.39 bits per heavy atom. The van der Waals surface area contributed by atoms with Crippen LogP contribution >= 0.6 is 0 Å². The van der Waals surface area contributed by atoms with Crippen molar-refractivity contribution in [3.63, 3.8) is 0 Å². The van der Waals surface area contributed by atoms with Crippen molar-refractivity contribution < 1.29 is 19.4 Å². The summed E-state index contributed by atoms with van der Waals surface area (Å²) in [4.78, 5) is 12.1. The molecular formula is C14H20O4. The highest BCUT2D eigenvalue weighted by atomic mass is 16.6. The highest BCUT2D eigenvalue weighted by molar-refractivity contribution is 5.94. The molecule has 2 aliphatic heterocycles. The van der Waals surface area contributed by atoms with Crippen molar-refractivity contribution in [2.45, 2.75) is 45.3 Å². The Kier molecular flexibility index (Phi) is 2.75. The van der Waals surface area contributed by atoms with E-state index in [0.717, 1.165) is 30.6 Å². The molecule has 1 N–H and O–H groups in total. The smallest absolute Gasteiger partial charge is 0.335 e. The number of cyclic esters (lactones) is 1. The predicted molar refractivity (Wildman–Crippen MR) is 64.9 cm³/mol. The van der Waals surface area contributed by atoms with Crippen LogP contribution in [0.4, 0.5) is 0 Å². The summed E-state index contributed by atoms with van der Waals surface area (Å²) in [6.07, 6.45) is 1.92. The molecule has 0 saturated carbocycles. The number of hydrogen-bond donors (Lipinski definition) is 1. The van der Waals surface area contributed by atoms with E-state index in [9.17, 15) is 9.90 Å². The first kappa shape index (κ1) is 12.2. The Bertz CT molecular complexity index is 408. The molecule has 0 aromatic heterocycles. The third-order valence-electron chi connectivity index (χ3n) is 4.86. The van der Waals surface area contributed by atoms with Crippen LogP contribution < -0.4 is 0 Å². The zero-order chi connectivity index (χ0) is 12.9. The largest absolute Gasteiger partial charge is 0.458 e. The number of esters is 1. The highest BCUT2D eigenvalue weighted by Crippen LogP contribution is 2.52. The Morgan fingerprint density at radius 2 is 2.17 bits per heavy atom. The summed E-state index contributed by atoms with van der Waals surface area (Å²) in [5.41, 5.74) is 1.28. The molecule has 0 aromatic carbocycles. The van der Waals surface area contributed by atoms with E-state index in [1.54, 1.807) is 0 Å². The average Bonchev–Trinajstić information content (AvgIpc) is 2.92. The number of aliphatic hydroxyl groups excluding tert-OH is 1. The van der Waals surface area contributed by atoms with E-state index in [4.69, 9.17) is 9.47 Å². The molecule has 4 atom stereocenters. The van der Waals surface area contributed by atoms with Crippen molar-refractivity contribution in [3.05, 3.63) is 11.1 Å². The number of carbonyl (C=O) groups excluding carboxylic acids is 1. The lowest BCUT2D eigenvalue weighted by Crippen LogP contribution is -2.39. The molecule has 0 spiro atoms. The summed E-state index contributed by atoms with van der Waals surface area (Å²) in [5, 5.41) is 9.92. The van der Waals surface area contributed by atoms with Crippen LogP contribution in [0, 0.1) is 11.3 Å². The zero-order valence-corrected chi connectivity index (χ0v) is 10.9. The third kappa shape index (κ3) is 1.55. The van der Waals surface area contributed by atoms with Crippen molar-refractivity contribution in [1.82, 2.24) is 0 Å². The highest BCUT2D eigenvalue weighted by Gasteiger charge is 2.56. The number of ether oxygens (including phenoxy) is 2. The van der Waals surface area contributed by atoms with Crippen LogP contribution in [0.15, 0.2) is 11.1 Å². The first-order chi connectivity index (χ1) is 8.54. The van der Waals surface area contributed by atoms with Crippen molar-refractivity contribution in [3.8, 4) is 0 Å². The molecule has 4 unspecified atom stereocenters. The maximum absolute atomic E-state index is 12.1. The maximum Gasteiger partial charge on any atom is 0.335 e. The number of carbonyl (C=O) groups is 1. The summed E-state index contributed by atoms with van der Waals surface area (Å²) in [6, 6.07) is 0. The van der Waals surface area contributed by atoms with Gasteiger partial charge in [-0.1, -0.05) is 6.92 Å². The van der Waals surface area contributed by atoms with Gasteiger partial charge >= 0.3 is 5.97 Å². The summed E-state index contributed by atoms with van der Waals surface area (Å²) in [6.45, 7) is 5.40. The van der Waals surface area contributed by atoms with Gasteiger partial charge in [0, 0.05) is 23.5 Å². The fourth-order valence-electron chi connectivity index (χ4n) is 3.79. The fourth-order valence-corrected chi connectivity index (χ4v) is 3.79. The van der Waals surface area contributed by atoms with Gasteiger partial charge in [-0.15, -0.1) is 0 Å². The summed E-state index contributed by atoms with van der Waals surface area (Å²) in [5.74, 6) is 0.0742. The van der Waals surface area contributed by atoms with Crippen LogP contribution in [0.1, 0.15) is 33.1 Å². The zero-order valence-electron chi connectivity index (χ0n) is 10.9. The molecule has 2 heterocycles. The molecule has 2 saturated heterocycles. The van der Waals surface area contributed by atoms with E-state index < -0.39 is 6.10 Å². The van der Waals surface area contributed by atoms with Crippen molar-refractivity contribution in [2.75, 3.05) is 13.2 Å². The van der Waals surface area contributed by atoms with Crippen LogP contribution in [0.5, 0.6) is 0 Å². The SMILES string of the molecule is CC1=C2C(=O)OC(C3CCOC3)C2(C)CCC1O. The molecule has 0 bridgehead atoms. The minimum absolute atomic E-state index is 0.0788. The predicted octanol–water partition coefficient (Wildman–Crippen LogP) is 1.43. The molecule has 4 nitrogen and oxygen atoms in total. The van der Waals surface area contributed by atoms with Gasteiger partial charge in [-0.25, -0.2) is 4.79 Å². The van der Waals surface area contributed by atoms with E-state index in [1.807, 2.05) is 6.92 Å². The quantitative estimate of drug-likeness (QED) is 0.717. The number of aliphatic hydroxyl groups is 1. The lowest BCUT2D eigenvalue weighted by molar-refractivity contribution is -0.142. The van der Waals surface area contributed by atoms with Gasteiger partial charge in [-0.05, 0) is 31.8 Å². The van der Waals surface area contributed by atoms with Gasteiger partial charge in [-0.2, -0.15) is 0 Å². The summed E-state index contributed by atoms with van der Waals surface area (Å²) >= 11 is 0. The van der Waals surface area contributed by atoms with Crippen LogP contribution in [-0.4, -0.2) is 36.5 Å². The lowest BCUT2D eigenvalue weighted by atomic mass is 9.66. The molecule has 0 amide bonds. The Morgan fingerprint density at radius 3 is 2.83 bits per heavy atom. The van der Waals surface area contributed by atoms with E-state index in [2.05, 4.69) is 6.92 Å². The van der Waals surface area contributed by atoms with Crippen LogP contribution in [0.25, 0.3) is 0 Å². The van der Waals surface area contributed by atoms with Crippen molar-refractivity contribution >= 4 is 5.97 Å². The van der Waals surface area contributed by atoms with Crippen molar-refractivity contribution in [2.24, 2.45) is 11.3 Å². The third-order valence-corrected chi connectivity index (χ3v) is 4.86. The second-order valence-corrected chi connectivity index (χ2v) is 5.98. The van der Waals surface area contributed by atoms with Gasteiger partial charge in [-0.3, -0.25) is 0 Å². The molecule has 4 heteroatoms. The molecule has 100 valence electrons. The van der Waals surface area contributed by atoms with Gasteiger partial charge in [0.2, 0.25) is 0 Å². The minimum atomic E-state index is -0.487. The number of fused-ring (bicyclic) bond motifs is 1. The van der Waals surface area contributed by atoms with Gasteiger partial charge < -0.3 is 14.6 Å². The molecule has 0 radical (unpaired) electrons. The van der Waals surface area contributed by atoms with Crippen molar-refractivity contribution in [1.29, 1.82) is 0 Å². The Hall–Kier alpha value is -0.870.